The molecule has 0 aliphatic heterocycles. The average molecular weight is 225 g/mol. The Labute approximate surface area is 95.4 Å². The molecule has 1 aliphatic rings. The molecule has 1 fully saturated rings. The molecule has 1 N–H and O–H groups in total. The summed E-state index contributed by atoms with van der Waals surface area (Å²) < 4.78 is 5.13. The molecule has 90 valence electrons. The van der Waals surface area contributed by atoms with Crippen LogP contribution < -0.4 is 0 Å². The van der Waals surface area contributed by atoms with E-state index in [4.69, 9.17) is 4.52 Å². The first-order chi connectivity index (χ1) is 7.67. The predicted molar refractivity (Wildman–Crippen MR) is 58.7 cm³/mol. The monoisotopic (exact) mass is 225 g/mol. The molecule has 16 heavy (non-hydrogen) atoms. The fourth-order valence-corrected chi connectivity index (χ4v) is 2.08. The topological polar surface area (TPSA) is 62.4 Å². The Bertz CT molecular complexity index is 334. The van der Waals surface area contributed by atoms with Crippen molar-refractivity contribution in [2.24, 2.45) is 5.92 Å². The van der Waals surface area contributed by atoms with Crippen molar-refractivity contribution in [1.82, 2.24) is 15.0 Å². The fourth-order valence-electron chi connectivity index (χ4n) is 2.08. The second-order valence-electron chi connectivity index (χ2n) is 4.65. The molecule has 0 bridgehead atoms. The molecule has 1 aromatic rings. The summed E-state index contributed by atoms with van der Waals surface area (Å²) in [5.41, 5.74) is 0. The maximum Gasteiger partial charge on any atom is 0.240 e. The highest BCUT2D eigenvalue weighted by Crippen LogP contribution is 2.27. The summed E-state index contributed by atoms with van der Waals surface area (Å²) in [6, 6.07) is 0. The second kappa shape index (κ2) is 4.93. The van der Waals surface area contributed by atoms with E-state index in [1.165, 1.54) is 0 Å². The summed E-state index contributed by atoms with van der Waals surface area (Å²) in [6.45, 7) is 3.69. The Morgan fingerprint density at radius 1 is 1.50 bits per heavy atom. The van der Waals surface area contributed by atoms with Crippen LogP contribution in [0, 0.1) is 5.92 Å². The molecule has 1 aromatic heterocycles. The van der Waals surface area contributed by atoms with E-state index >= 15 is 0 Å². The van der Waals surface area contributed by atoms with Crippen LogP contribution in [-0.4, -0.2) is 39.8 Å². The van der Waals surface area contributed by atoms with Gasteiger partial charge in [0.05, 0.1) is 12.6 Å². The molecule has 0 saturated heterocycles. The number of aliphatic hydroxyl groups is 1. The molecule has 1 heterocycles. The Hall–Kier alpha value is -0.940. The molecule has 5 heteroatoms. The van der Waals surface area contributed by atoms with Gasteiger partial charge >= 0.3 is 0 Å². The van der Waals surface area contributed by atoms with Gasteiger partial charge in [0, 0.05) is 13.0 Å². The Morgan fingerprint density at radius 2 is 2.25 bits per heavy atom. The molecule has 0 radical (unpaired) electrons. The zero-order chi connectivity index (χ0) is 11.5. The van der Waals surface area contributed by atoms with Crippen LogP contribution in [0.4, 0.5) is 0 Å². The van der Waals surface area contributed by atoms with E-state index < -0.39 is 0 Å². The van der Waals surface area contributed by atoms with Crippen LogP contribution in [0.2, 0.25) is 0 Å². The van der Waals surface area contributed by atoms with E-state index in [1.54, 1.807) is 0 Å². The maximum atomic E-state index is 9.20. The number of aromatic nitrogens is 2. The van der Waals surface area contributed by atoms with Crippen molar-refractivity contribution in [2.45, 2.75) is 38.8 Å². The highest BCUT2D eigenvalue weighted by atomic mass is 16.5. The lowest BCUT2D eigenvalue weighted by Crippen LogP contribution is -2.36. The van der Waals surface area contributed by atoms with Crippen molar-refractivity contribution >= 4 is 0 Å². The van der Waals surface area contributed by atoms with Crippen LogP contribution in [0.25, 0.3) is 0 Å². The van der Waals surface area contributed by atoms with E-state index in [9.17, 15) is 5.11 Å². The minimum atomic E-state index is -0.0755. The van der Waals surface area contributed by atoms with Gasteiger partial charge in [-0.25, -0.2) is 0 Å². The largest absolute Gasteiger partial charge is 0.393 e. The lowest BCUT2D eigenvalue weighted by atomic mass is 9.82. The van der Waals surface area contributed by atoms with Gasteiger partial charge in [0.1, 0.15) is 0 Å². The maximum absolute atomic E-state index is 9.20. The number of rotatable bonds is 5. The lowest BCUT2D eigenvalue weighted by Gasteiger charge is -2.34. The third-order valence-corrected chi connectivity index (χ3v) is 3.01. The van der Waals surface area contributed by atoms with Crippen molar-refractivity contribution in [3.8, 4) is 0 Å². The van der Waals surface area contributed by atoms with Crippen molar-refractivity contribution in [3.05, 3.63) is 11.7 Å². The van der Waals surface area contributed by atoms with Gasteiger partial charge in [0.25, 0.3) is 0 Å². The number of aryl methyl sites for hydroxylation is 1. The van der Waals surface area contributed by atoms with Crippen molar-refractivity contribution in [2.75, 3.05) is 13.6 Å². The Morgan fingerprint density at radius 3 is 2.81 bits per heavy atom. The van der Waals surface area contributed by atoms with E-state index in [-0.39, 0.29) is 6.10 Å². The van der Waals surface area contributed by atoms with Gasteiger partial charge in [0.2, 0.25) is 5.89 Å². The molecular weight excluding hydrogens is 206 g/mol. The van der Waals surface area contributed by atoms with Crippen LogP contribution in [-0.2, 0) is 13.0 Å². The number of hydrogen-bond donors (Lipinski definition) is 1. The minimum Gasteiger partial charge on any atom is -0.393 e. The van der Waals surface area contributed by atoms with Crippen LogP contribution in [0.3, 0.4) is 0 Å². The van der Waals surface area contributed by atoms with Crippen LogP contribution in [0.1, 0.15) is 31.5 Å². The van der Waals surface area contributed by atoms with E-state index in [1.807, 2.05) is 14.0 Å². The molecule has 0 unspecified atom stereocenters. The fraction of sp³-hybridized carbons (Fsp3) is 0.818. The molecule has 0 spiro atoms. The van der Waals surface area contributed by atoms with Crippen LogP contribution >= 0.6 is 0 Å². The predicted octanol–water partition coefficient (Wildman–Crippen LogP) is 0.835. The quantitative estimate of drug-likeness (QED) is 0.804. The van der Waals surface area contributed by atoms with Gasteiger partial charge < -0.3 is 9.63 Å². The highest BCUT2D eigenvalue weighted by molar-refractivity contribution is 4.86. The summed E-state index contributed by atoms with van der Waals surface area (Å²) in [5.74, 6) is 2.07. The first-order valence-corrected chi connectivity index (χ1v) is 5.85. The Kier molecular flexibility index (Phi) is 3.56. The molecule has 0 amide bonds. The number of hydrogen-bond acceptors (Lipinski definition) is 5. The van der Waals surface area contributed by atoms with E-state index in [0.717, 1.165) is 31.6 Å². The van der Waals surface area contributed by atoms with Gasteiger partial charge in [0.15, 0.2) is 5.82 Å². The molecule has 0 atom stereocenters. The SMILES string of the molecule is CCc1noc(CN(C)CC2CC(O)C2)n1. The molecule has 5 nitrogen and oxygen atoms in total. The lowest BCUT2D eigenvalue weighted by molar-refractivity contribution is 0.0261. The molecular formula is C11H19N3O2. The normalized spacial score (nSPS) is 24.8. The smallest absolute Gasteiger partial charge is 0.240 e. The summed E-state index contributed by atoms with van der Waals surface area (Å²) in [7, 11) is 2.04. The van der Waals surface area contributed by atoms with Gasteiger partial charge in [-0.1, -0.05) is 12.1 Å². The Balaban J connectivity index is 1.76. The zero-order valence-corrected chi connectivity index (χ0v) is 9.89. The van der Waals surface area contributed by atoms with Crippen molar-refractivity contribution < 1.29 is 9.63 Å². The van der Waals surface area contributed by atoms with Crippen molar-refractivity contribution in [3.63, 3.8) is 0 Å². The molecule has 1 saturated carbocycles. The van der Waals surface area contributed by atoms with Crippen molar-refractivity contribution in [1.29, 1.82) is 0 Å². The number of nitrogens with zero attached hydrogens (tertiary/aromatic N) is 3. The van der Waals surface area contributed by atoms with Crippen LogP contribution in [0.15, 0.2) is 4.52 Å². The van der Waals surface area contributed by atoms with Gasteiger partial charge in [-0.05, 0) is 25.8 Å². The molecule has 0 aromatic carbocycles. The summed E-state index contributed by atoms with van der Waals surface area (Å²) in [6.07, 6.45) is 2.58. The zero-order valence-electron chi connectivity index (χ0n) is 9.89. The third-order valence-electron chi connectivity index (χ3n) is 3.01. The molecule has 2 rings (SSSR count). The first-order valence-electron chi connectivity index (χ1n) is 5.85. The standard InChI is InChI=1S/C11H19N3O2/c1-3-10-12-11(16-13-10)7-14(2)6-8-4-9(15)5-8/h8-9,15H,3-7H2,1-2H3. The van der Waals surface area contributed by atoms with Gasteiger partial charge in [-0.3, -0.25) is 4.90 Å². The summed E-state index contributed by atoms with van der Waals surface area (Å²) in [5, 5.41) is 13.1. The second-order valence-corrected chi connectivity index (χ2v) is 4.65. The highest BCUT2D eigenvalue weighted by Gasteiger charge is 2.28. The minimum absolute atomic E-state index is 0.0755. The average Bonchev–Trinajstić information content (AvgIpc) is 2.63. The first kappa shape index (κ1) is 11.5. The van der Waals surface area contributed by atoms with Gasteiger partial charge in [-0.2, -0.15) is 4.98 Å². The summed E-state index contributed by atoms with van der Waals surface area (Å²) in [4.78, 5) is 6.44. The third kappa shape index (κ3) is 2.80. The molecule has 1 aliphatic carbocycles. The number of aliphatic hydroxyl groups excluding tert-OH is 1. The summed E-state index contributed by atoms with van der Waals surface area (Å²) >= 11 is 0. The van der Waals surface area contributed by atoms with E-state index in [0.29, 0.717) is 18.4 Å². The van der Waals surface area contributed by atoms with Crippen LogP contribution in [0.5, 0.6) is 0 Å². The van der Waals surface area contributed by atoms with E-state index in [2.05, 4.69) is 15.0 Å². The van der Waals surface area contributed by atoms with Gasteiger partial charge in [-0.15, -0.1) is 0 Å².